The molecule has 5 nitrogen and oxygen atoms in total. The molecule has 0 saturated carbocycles. The van der Waals surface area contributed by atoms with Gasteiger partial charge in [0.2, 0.25) is 5.58 Å². The van der Waals surface area contributed by atoms with E-state index in [1.165, 1.54) is 0 Å². The standard InChI is InChI=1S/C14H13BN2O3/c15-7-3-4-9-8(6-7)11-12(20-9)14(18)17-13(16-11)10-2-1-5-19-10/h3-4,6,10H,1-2,5,15H2,(H,16,17,18). The predicted molar refractivity (Wildman–Crippen MR) is 78.2 cm³/mol. The number of aromatic amines is 1. The summed E-state index contributed by atoms with van der Waals surface area (Å²) in [6.07, 6.45) is 1.78. The van der Waals surface area contributed by atoms with E-state index < -0.39 is 0 Å². The molecule has 3 heterocycles. The van der Waals surface area contributed by atoms with Gasteiger partial charge in [0.05, 0.1) is 0 Å². The molecule has 1 fully saturated rings. The summed E-state index contributed by atoms with van der Waals surface area (Å²) >= 11 is 0. The van der Waals surface area contributed by atoms with Gasteiger partial charge < -0.3 is 14.1 Å². The zero-order valence-electron chi connectivity index (χ0n) is 11.1. The highest BCUT2D eigenvalue weighted by molar-refractivity contribution is 6.33. The largest absolute Gasteiger partial charge is 0.449 e. The number of fused-ring (bicyclic) bond motifs is 3. The quantitative estimate of drug-likeness (QED) is 0.662. The normalized spacial score (nSPS) is 19.1. The van der Waals surface area contributed by atoms with Crippen molar-refractivity contribution in [2.45, 2.75) is 18.9 Å². The molecule has 2 aromatic heterocycles. The van der Waals surface area contributed by atoms with Gasteiger partial charge in [-0.3, -0.25) is 4.79 Å². The van der Waals surface area contributed by atoms with Crippen molar-refractivity contribution < 1.29 is 9.15 Å². The maximum Gasteiger partial charge on any atom is 0.294 e. The first-order chi connectivity index (χ1) is 9.72. The highest BCUT2D eigenvalue weighted by Gasteiger charge is 2.22. The minimum atomic E-state index is -0.241. The Balaban J connectivity index is 2.03. The summed E-state index contributed by atoms with van der Waals surface area (Å²) in [6.45, 7) is 0.720. The Morgan fingerprint density at radius 1 is 1.40 bits per heavy atom. The summed E-state index contributed by atoms with van der Waals surface area (Å²) in [5.74, 6) is 0.601. The number of H-pyrrole nitrogens is 1. The average Bonchev–Trinajstić information content (AvgIpc) is 3.06. The molecule has 1 atom stereocenters. The van der Waals surface area contributed by atoms with Crippen LogP contribution in [0.1, 0.15) is 24.8 Å². The van der Waals surface area contributed by atoms with Crippen molar-refractivity contribution in [1.29, 1.82) is 0 Å². The van der Waals surface area contributed by atoms with Crippen molar-refractivity contribution in [3.63, 3.8) is 0 Å². The molecule has 1 unspecified atom stereocenters. The second-order valence-electron chi connectivity index (χ2n) is 5.23. The molecule has 0 amide bonds. The van der Waals surface area contributed by atoms with E-state index in [1.807, 2.05) is 26.0 Å². The molecule has 1 aliphatic rings. The van der Waals surface area contributed by atoms with Gasteiger partial charge in [0.1, 0.15) is 30.9 Å². The van der Waals surface area contributed by atoms with Gasteiger partial charge in [-0.25, -0.2) is 4.98 Å². The third-order valence-electron chi connectivity index (χ3n) is 3.73. The third-order valence-corrected chi connectivity index (χ3v) is 3.73. The van der Waals surface area contributed by atoms with E-state index in [-0.39, 0.29) is 17.2 Å². The van der Waals surface area contributed by atoms with Crippen LogP contribution in [0.4, 0.5) is 0 Å². The van der Waals surface area contributed by atoms with E-state index in [2.05, 4.69) is 9.97 Å². The lowest BCUT2D eigenvalue weighted by molar-refractivity contribution is 0.105. The summed E-state index contributed by atoms with van der Waals surface area (Å²) in [4.78, 5) is 19.5. The molecule has 6 heteroatoms. The Kier molecular flexibility index (Phi) is 2.47. The monoisotopic (exact) mass is 268 g/mol. The molecule has 1 aromatic carbocycles. The molecule has 20 heavy (non-hydrogen) atoms. The van der Waals surface area contributed by atoms with Crippen molar-refractivity contribution in [1.82, 2.24) is 9.97 Å². The molecule has 4 rings (SSSR count). The predicted octanol–water partition coefficient (Wildman–Crippen LogP) is 0.779. The van der Waals surface area contributed by atoms with Crippen molar-refractivity contribution in [3.8, 4) is 0 Å². The summed E-state index contributed by atoms with van der Waals surface area (Å²) in [5.41, 5.74) is 2.47. The van der Waals surface area contributed by atoms with Crippen LogP contribution in [-0.2, 0) is 4.74 Å². The number of rotatable bonds is 1. The first kappa shape index (κ1) is 11.7. The fourth-order valence-electron chi connectivity index (χ4n) is 2.73. The lowest BCUT2D eigenvalue weighted by atomic mass is 9.95. The van der Waals surface area contributed by atoms with Crippen LogP contribution in [0.3, 0.4) is 0 Å². The molecule has 1 N–H and O–H groups in total. The average molecular weight is 268 g/mol. The molecule has 1 aliphatic heterocycles. The van der Waals surface area contributed by atoms with Gasteiger partial charge >= 0.3 is 0 Å². The fraction of sp³-hybridized carbons (Fsp3) is 0.286. The van der Waals surface area contributed by atoms with E-state index in [1.54, 1.807) is 0 Å². The Bertz CT molecular complexity index is 862. The molecule has 100 valence electrons. The lowest BCUT2D eigenvalue weighted by Gasteiger charge is -2.07. The number of nitrogens with one attached hydrogen (secondary N) is 1. The van der Waals surface area contributed by atoms with Crippen LogP contribution in [0.15, 0.2) is 27.4 Å². The summed E-state index contributed by atoms with van der Waals surface area (Å²) in [5, 5.41) is 0.880. The van der Waals surface area contributed by atoms with Crippen LogP contribution in [-0.4, -0.2) is 24.4 Å². The zero-order valence-corrected chi connectivity index (χ0v) is 11.1. The van der Waals surface area contributed by atoms with Crippen molar-refractivity contribution in [2.75, 3.05) is 6.61 Å². The number of aromatic nitrogens is 2. The zero-order chi connectivity index (χ0) is 13.7. The van der Waals surface area contributed by atoms with Gasteiger partial charge in [-0.15, -0.1) is 0 Å². The topological polar surface area (TPSA) is 68.1 Å². The number of hydrogen-bond acceptors (Lipinski definition) is 4. The molecular weight excluding hydrogens is 255 g/mol. The molecule has 3 aromatic rings. The summed E-state index contributed by atoms with van der Waals surface area (Å²) < 4.78 is 11.2. The van der Waals surface area contributed by atoms with E-state index in [4.69, 9.17) is 9.15 Å². The first-order valence-corrected chi connectivity index (χ1v) is 6.77. The van der Waals surface area contributed by atoms with E-state index in [9.17, 15) is 4.79 Å². The fourth-order valence-corrected chi connectivity index (χ4v) is 2.73. The van der Waals surface area contributed by atoms with Gasteiger partial charge in [-0.1, -0.05) is 17.6 Å². The maximum absolute atomic E-state index is 12.2. The minimum Gasteiger partial charge on any atom is -0.449 e. The molecule has 1 saturated heterocycles. The second kappa shape index (κ2) is 4.21. The Hall–Kier alpha value is -2.08. The van der Waals surface area contributed by atoms with Gasteiger partial charge in [-0.2, -0.15) is 0 Å². The molecule has 0 aliphatic carbocycles. The van der Waals surface area contributed by atoms with E-state index in [0.717, 1.165) is 30.3 Å². The lowest BCUT2D eigenvalue weighted by Crippen LogP contribution is -2.13. The number of benzene rings is 1. The number of ether oxygens (including phenoxy) is 1. The van der Waals surface area contributed by atoms with Crippen molar-refractivity contribution >= 4 is 35.4 Å². The van der Waals surface area contributed by atoms with Crippen molar-refractivity contribution in [2.24, 2.45) is 0 Å². The Morgan fingerprint density at radius 3 is 3.10 bits per heavy atom. The van der Waals surface area contributed by atoms with E-state index in [0.29, 0.717) is 16.9 Å². The molecular formula is C14H13BN2O3. The maximum atomic E-state index is 12.2. The van der Waals surface area contributed by atoms with Gasteiger partial charge in [0, 0.05) is 12.0 Å². The molecule has 0 bridgehead atoms. The van der Waals surface area contributed by atoms with Crippen LogP contribution in [0.25, 0.3) is 22.1 Å². The Morgan fingerprint density at radius 2 is 2.30 bits per heavy atom. The van der Waals surface area contributed by atoms with Crippen molar-refractivity contribution in [3.05, 3.63) is 34.4 Å². The SMILES string of the molecule is Bc1ccc2oc3c(=O)[nH]c(C4CCCO4)nc3c2c1. The van der Waals surface area contributed by atoms with Gasteiger partial charge in [-0.05, 0) is 18.9 Å². The molecule has 0 radical (unpaired) electrons. The summed E-state index contributed by atoms with van der Waals surface area (Å²) in [6, 6.07) is 5.82. The van der Waals surface area contributed by atoms with Crippen LogP contribution >= 0.6 is 0 Å². The van der Waals surface area contributed by atoms with Crippen LogP contribution in [0.2, 0.25) is 0 Å². The Labute approximate surface area is 115 Å². The van der Waals surface area contributed by atoms with Gasteiger partial charge in [0.25, 0.3) is 5.56 Å². The highest BCUT2D eigenvalue weighted by atomic mass is 16.5. The third kappa shape index (κ3) is 1.68. The summed E-state index contributed by atoms with van der Waals surface area (Å²) in [7, 11) is 2.01. The number of hydrogen-bond donors (Lipinski definition) is 1. The minimum absolute atomic E-state index is 0.109. The smallest absolute Gasteiger partial charge is 0.294 e. The number of nitrogens with zero attached hydrogens (tertiary/aromatic N) is 1. The van der Waals surface area contributed by atoms with Crippen LogP contribution in [0.5, 0.6) is 0 Å². The first-order valence-electron chi connectivity index (χ1n) is 6.77. The van der Waals surface area contributed by atoms with Crippen LogP contribution in [0, 0.1) is 0 Å². The van der Waals surface area contributed by atoms with Crippen LogP contribution < -0.4 is 11.0 Å². The second-order valence-corrected chi connectivity index (χ2v) is 5.23. The number of furan rings is 1. The van der Waals surface area contributed by atoms with Gasteiger partial charge in [0.15, 0.2) is 0 Å². The van der Waals surface area contributed by atoms with E-state index >= 15 is 0 Å². The highest BCUT2D eigenvalue weighted by Crippen LogP contribution is 2.28. The molecule has 0 spiro atoms.